The van der Waals surface area contributed by atoms with Crippen LogP contribution in [0.3, 0.4) is 0 Å². The lowest BCUT2D eigenvalue weighted by Crippen LogP contribution is -2.24. The van der Waals surface area contributed by atoms with Gasteiger partial charge in [-0.25, -0.2) is 0 Å². The van der Waals surface area contributed by atoms with Gasteiger partial charge in [-0.05, 0) is 61.1 Å². The first-order valence-corrected chi connectivity index (χ1v) is 7.90. The van der Waals surface area contributed by atoms with Gasteiger partial charge in [-0.15, -0.1) is 0 Å². The SMILES string of the molecule is CC1CCCC=C1c1ccc(C2(O)C=CCCC2)cc1. The topological polar surface area (TPSA) is 20.2 Å². The Morgan fingerprint density at radius 1 is 1.10 bits per heavy atom. The molecule has 1 nitrogen and oxygen atoms in total. The van der Waals surface area contributed by atoms with E-state index in [-0.39, 0.29) is 0 Å². The normalized spacial score (nSPS) is 30.1. The van der Waals surface area contributed by atoms with E-state index in [2.05, 4.69) is 43.3 Å². The summed E-state index contributed by atoms with van der Waals surface area (Å²) >= 11 is 0. The monoisotopic (exact) mass is 268 g/mol. The van der Waals surface area contributed by atoms with Crippen LogP contribution in [-0.4, -0.2) is 5.11 Å². The van der Waals surface area contributed by atoms with E-state index in [1.165, 1.54) is 30.4 Å². The van der Waals surface area contributed by atoms with Crippen molar-refractivity contribution in [3.63, 3.8) is 0 Å². The molecule has 0 spiro atoms. The maximum absolute atomic E-state index is 10.7. The Kier molecular flexibility index (Phi) is 3.80. The summed E-state index contributed by atoms with van der Waals surface area (Å²) in [5.74, 6) is 0.660. The van der Waals surface area contributed by atoms with Crippen LogP contribution in [0, 0.1) is 5.92 Å². The van der Waals surface area contributed by atoms with Gasteiger partial charge in [-0.3, -0.25) is 0 Å². The van der Waals surface area contributed by atoms with Gasteiger partial charge in [0.15, 0.2) is 0 Å². The van der Waals surface area contributed by atoms with Gasteiger partial charge in [-0.2, -0.15) is 0 Å². The second-order valence-corrected chi connectivity index (χ2v) is 6.29. The van der Waals surface area contributed by atoms with Gasteiger partial charge in [0.05, 0.1) is 0 Å². The van der Waals surface area contributed by atoms with Crippen molar-refractivity contribution in [1.82, 2.24) is 0 Å². The quantitative estimate of drug-likeness (QED) is 0.763. The van der Waals surface area contributed by atoms with Gasteiger partial charge < -0.3 is 5.11 Å². The molecule has 0 amide bonds. The fourth-order valence-electron chi connectivity index (χ4n) is 3.48. The Hall–Kier alpha value is -1.34. The zero-order valence-electron chi connectivity index (χ0n) is 12.3. The van der Waals surface area contributed by atoms with Crippen molar-refractivity contribution >= 4 is 5.57 Å². The lowest BCUT2D eigenvalue weighted by atomic mass is 9.82. The Labute approximate surface area is 122 Å². The van der Waals surface area contributed by atoms with Crippen LogP contribution in [0.1, 0.15) is 56.6 Å². The van der Waals surface area contributed by atoms with Crippen molar-refractivity contribution in [2.24, 2.45) is 5.92 Å². The maximum atomic E-state index is 10.7. The molecule has 0 aliphatic heterocycles. The fourth-order valence-corrected chi connectivity index (χ4v) is 3.48. The van der Waals surface area contributed by atoms with E-state index >= 15 is 0 Å². The summed E-state index contributed by atoms with van der Waals surface area (Å²) in [4.78, 5) is 0. The summed E-state index contributed by atoms with van der Waals surface area (Å²) in [5, 5.41) is 10.7. The number of aliphatic hydroxyl groups is 1. The first kappa shape index (κ1) is 13.6. The van der Waals surface area contributed by atoms with Crippen molar-refractivity contribution < 1.29 is 5.11 Å². The van der Waals surface area contributed by atoms with E-state index in [4.69, 9.17) is 0 Å². The van der Waals surface area contributed by atoms with E-state index in [9.17, 15) is 5.11 Å². The first-order chi connectivity index (χ1) is 9.69. The van der Waals surface area contributed by atoms with Crippen LogP contribution in [0.25, 0.3) is 5.57 Å². The molecule has 0 saturated heterocycles. The minimum atomic E-state index is -0.747. The number of hydrogen-bond acceptors (Lipinski definition) is 1. The van der Waals surface area contributed by atoms with E-state index in [0.29, 0.717) is 5.92 Å². The molecule has 0 fully saturated rings. The Bertz CT molecular complexity index is 523. The molecular formula is C19H24O. The predicted octanol–water partition coefficient (Wildman–Crippen LogP) is 4.82. The van der Waals surface area contributed by atoms with Crippen LogP contribution in [0.4, 0.5) is 0 Å². The summed E-state index contributed by atoms with van der Waals surface area (Å²) in [6.07, 6.45) is 13.3. The smallest absolute Gasteiger partial charge is 0.108 e. The van der Waals surface area contributed by atoms with Gasteiger partial charge in [0.1, 0.15) is 5.60 Å². The lowest BCUT2D eigenvalue weighted by molar-refractivity contribution is 0.0726. The first-order valence-electron chi connectivity index (χ1n) is 7.90. The minimum absolute atomic E-state index is 0.660. The van der Waals surface area contributed by atoms with Crippen molar-refractivity contribution in [3.8, 4) is 0 Å². The highest BCUT2D eigenvalue weighted by Crippen LogP contribution is 2.35. The van der Waals surface area contributed by atoms with E-state index in [0.717, 1.165) is 24.8 Å². The molecule has 2 aliphatic carbocycles. The molecule has 1 N–H and O–H groups in total. The highest BCUT2D eigenvalue weighted by atomic mass is 16.3. The number of rotatable bonds is 2. The molecule has 1 heteroatoms. The molecule has 0 heterocycles. The van der Waals surface area contributed by atoms with E-state index < -0.39 is 5.60 Å². The molecule has 1 aromatic rings. The van der Waals surface area contributed by atoms with Crippen LogP contribution in [-0.2, 0) is 5.60 Å². The average Bonchev–Trinajstić information content (AvgIpc) is 2.49. The van der Waals surface area contributed by atoms with Crippen LogP contribution in [0.5, 0.6) is 0 Å². The third-order valence-electron chi connectivity index (χ3n) is 4.78. The third-order valence-corrected chi connectivity index (χ3v) is 4.78. The largest absolute Gasteiger partial charge is 0.381 e. The van der Waals surface area contributed by atoms with Gasteiger partial charge in [-0.1, -0.05) is 49.4 Å². The second kappa shape index (κ2) is 5.57. The Morgan fingerprint density at radius 2 is 1.90 bits per heavy atom. The predicted molar refractivity (Wildman–Crippen MR) is 84.3 cm³/mol. The van der Waals surface area contributed by atoms with Crippen molar-refractivity contribution in [3.05, 3.63) is 53.6 Å². The second-order valence-electron chi connectivity index (χ2n) is 6.29. The van der Waals surface area contributed by atoms with Gasteiger partial charge >= 0.3 is 0 Å². The van der Waals surface area contributed by atoms with Crippen molar-refractivity contribution in [2.75, 3.05) is 0 Å². The molecular weight excluding hydrogens is 244 g/mol. The van der Waals surface area contributed by atoms with Crippen LogP contribution in [0.2, 0.25) is 0 Å². The zero-order valence-corrected chi connectivity index (χ0v) is 12.3. The highest BCUT2D eigenvalue weighted by molar-refractivity contribution is 5.68. The summed E-state index contributed by atoms with van der Waals surface area (Å²) in [6.45, 7) is 2.32. The average molecular weight is 268 g/mol. The molecule has 106 valence electrons. The lowest BCUT2D eigenvalue weighted by Gasteiger charge is -2.28. The standard InChI is InChI=1S/C19H24O/c1-15-7-3-4-8-18(15)16-9-11-17(12-10-16)19(20)13-5-2-6-14-19/h5,8-13,15,20H,2-4,6-7,14H2,1H3. The third kappa shape index (κ3) is 2.60. The molecule has 2 unspecified atom stereocenters. The van der Waals surface area contributed by atoms with Crippen molar-refractivity contribution in [2.45, 2.75) is 51.0 Å². The molecule has 0 bridgehead atoms. The highest BCUT2D eigenvalue weighted by Gasteiger charge is 2.27. The van der Waals surface area contributed by atoms with Crippen LogP contribution in [0.15, 0.2) is 42.5 Å². The van der Waals surface area contributed by atoms with Gasteiger partial charge in [0, 0.05) is 0 Å². The maximum Gasteiger partial charge on any atom is 0.108 e. The van der Waals surface area contributed by atoms with E-state index in [1.54, 1.807) is 0 Å². The molecule has 1 aromatic carbocycles. The molecule has 2 aliphatic rings. The zero-order chi connectivity index (χ0) is 14.0. The minimum Gasteiger partial charge on any atom is -0.381 e. The van der Waals surface area contributed by atoms with Crippen molar-refractivity contribution in [1.29, 1.82) is 0 Å². The van der Waals surface area contributed by atoms with E-state index in [1.807, 2.05) is 6.08 Å². The van der Waals surface area contributed by atoms with Crippen LogP contribution >= 0.6 is 0 Å². The Balaban J connectivity index is 1.86. The summed E-state index contributed by atoms with van der Waals surface area (Å²) in [5.41, 5.74) is 3.09. The van der Waals surface area contributed by atoms with Gasteiger partial charge in [0.25, 0.3) is 0 Å². The number of allylic oxidation sites excluding steroid dienone is 3. The number of hydrogen-bond donors (Lipinski definition) is 1. The Morgan fingerprint density at radius 3 is 2.55 bits per heavy atom. The molecule has 0 aromatic heterocycles. The summed E-state index contributed by atoms with van der Waals surface area (Å²) < 4.78 is 0. The molecule has 2 atom stereocenters. The van der Waals surface area contributed by atoms with Gasteiger partial charge in [0.2, 0.25) is 0 Å². The molecule has 3 rings (SSSR count). The number of benzene rings is 1. The fraction of sp³-hybridized carbons (Fsp3) is 0.474. The molecule has 0 radical (unpaired) electrons. The molecule has 20 heavy (non-hydrogen) atoms. The molecule has 0 saturated carbocycles. The summed E-state index contributed by atoms with van der Waals surface area (Å²) in [7, 11) is 0. The summed E-state index contributed by atoms with van der Waals surface area (Å²) in [6, 6.07) is 8.58. The van der Waals surface area contributed by atoms with Crippen LogP contribution < -0.4 is 0 Å².